The van der Waals surface area contributed by atoms with Crippen LogP contribution in [0.5, 0.6) is 0 Å². The predicted molar refractivity (Wildman–Crippen MR) is 65.2 cm³/mol. The Morgan fingerprint density at radius 1 is 1.35 bits per heavy atom. The van der Waals surface area contributed by atoms with Gasteiger partial charge in [0.2, 0.25) is 0 Å². The maximum absolute atomic E-state index is 10.9. The zero-order chi connectivity index (χ0) is 12.1. The number of nitrogens with zero attached hydrogens (tertiary/aromatic N) is 2. The molecule has 0 aliphatic carbocycles. The Balaban J connectivity index is 2.16. The Hall–Kier alpha value is -2.23. The SMILES string of the molecule is COC(=O)CC=Cc1cnc2ccccc2n1. The van der Waals surface area contributed by atoms with Crippen molar-refractivity contribution in [3.05, 3.63) is 42.2 Å². The molecule has 0 amide bonds. The van der Waals surface area contributed by atoms with Gasteiger partial charge in [-0.15, -0.1) is 0 Å². The number of hydrogen-bond donors (Lipinski definition) is 0. The maximum Gasteiger partial charge on any atom is 0.309 e. The highest BCUT2D eigenvalue weighted by molar-refractivity contribution is 5.75. The summed E-state index contributed by atoms with van der Waals surface area (Å²) in [6.45, 7) is 0. The van der Waals surface area contributed by atoms with E-state index < -0.39 is 0 Å². The highest BCUT2D eigenvalue weighted by atomic mass is 16.5. The molecule has 0 saturated heterocycles. The van der Waals surface area contributed by atoms with Crippen molar-refractivity contribution in [1.82, 2.24) is 9.97 Å². The summed E-state index contributed by atoms with van der Waals surface area (Å²) >= 11 is 0. The second-order valence-corrected chi connectivity index (χ2v) is 3.47. The Morgan fingerprint density at radius 3 is 2.88 bits per heavy atom. The van der Waals surface area contributed by atoms with Crippen LogP contribution in [0.1, 0.15) is 12.1 Å². The van der Waals surface area contributed by atoms with Crippen LogP contribution in [0.4, 0.5) is 0 Å². The molecule has 1 aromatic carbocycles. The van der Waals surface area contributed by atoms with Crippen LogP contribution in [0.25, 0.3) is 17.1 Å². The number of esters is 1. The average molecular weight is 228 g/mol. The summed E-state index contributed by atoms with van der Waals surface area (Å²) in [6, 6.07) is 7.65. The monoisotopic (exact) mass is 228 g/mol. The van der Waals surface area contributed by atoms with E-state index in [1.165, 1.54) is 7.11 Å². The molecule has 86 valence electrons. The Labute approximate surface area is 99.0 Å². The minimum absolute atomic E-state index is 0.241. The number of para-hydroxylation sites is 2. The van der Waals surface area contributed by atoms with E-state index in [2.05, 4.69) is 14.7 Å². The lowest BCUT2D eigenvalue weighted by atomic mass is 10.3. The Kier molecular flexibility index (Phi) is 3.45. The minimum atomic E-state index is -0.269. The first-order valence-corrected chi connectivity index (χ1v) is 5.25. The second-order valence-electron chi connectivity index (χ2n) is 3.47. The molecule has 2 aromatic rings. The number of hydrogen-bond acceptors (Lipinski definition) is 4. The van der Waals surface area contributed by atoms with Crippen LogP contribution in [-0.2, 0) is 9.53 Å². The van der Waals surface area contributed by atoms with E-state index in [1.807, 2.05) is 24.3 Å². The number of ether oxygens (including phenoxy) is 1. The predicted octanol–water partition coefficient (Wildman–Crippen LogP) is 2.21. The Morgan fingerprint density at radius 2 is 2.12 bits per heavy atom. The second kappa shape index (κ2) is 5.21. The highest BCUT2D eigenvalue weighted by Crippen LogP contribution is 2.09. The lowest BCUT2D eigenvalue weighted by Crippen LogP contribution is -1.96. The van der Waals surface area contributed by atoms with Gasteiger partial charge in [0.1, 0.15) is 0 Å². The van der Waals surface area contributed by atoms with E-state index >= 15 is 0 Å². The first kappa shape index (κ1) is 11.3. The van der Waals surface area contributed by atoms with E-state index in [9.17, 15) is 4.79 Å². The fourth-order valence-electron chi connectivity index (χ4n) is 1.41. The van der Waals surface area contributed by atoms with Gasteiger partial charge in [-0.3, -0.25) is 9.78 Å². The fraction of sp³-hybridized carbons (Fsp3) is 0.154. The molecule has 0 atom stereocenters. The number of methoxy groups -OCH3 is 1. The molecule has 0 fully saturated rings. The Bertz CT molecular complexity index is 564. The molecule has 0 bridgehead atoms. The van der Waals surface area contributed by atoms with Gasteiger partial charge in [-0.1, -0.05) is 18.2 Å². The van der Waals surface area contributed by atoms with Crippen LogP contribution < -0.4 is 0 Å². The summed E-state index contributed by atoms with van der Waals surface area (Å²) in [4.78, 5) is 19.6. The van der Waals surface area contributed by atoms with Crippen molar-refractivity contribution in [2.45, 2.75) is 6.42 Å². The van der Waals surface area contributed by atoms with Crippen LogP contribution in [-0.4, -0.2) is 23.0 Å². The first-order valence-electron chi connectivity index (χ1n) is 5.25. The van der Waals surface area contributed by atoms with Crippen LogP contribution >= 0.6 is 0 Å². The van der Waals surface area contributed by atoms with Gasteiger partial charge in [0.15, 0.2) is 0 Å². The summed E-state index contributed by atoms with van der Waals surface area (Å²) in [5.74, 6) is -0.269. The van der Waals surface area contributed by atoms with E-state index in [0.29, 0.717) is 0 Å². The normalized spacial score (nSPS) is 10.9. The molecule has 17 heavy (non-hydrogen) atoms. The summed E-state index contributed by atoms with van der Waals surface area (Å²) in [6.07, 6.45) is 5.39. The summed E-state index contributed by atoms with van der Waals surface area (Å²) in [5, 5.41) is 0. The minimum Gasteiger partial charge on any atom is -0.469 e. The van der Waals surface area contributed by atoms with Gasteiger partial charge in [0.25, 0.3) is 0 Å². The molecule has 1 aromatic heterocycles. The smallest absolute Gasteiger partial charge is 0.309 e. The van der Waals surface area contributed by atoms with Crippen molar-refractivity contribution < 1.29 is 9.53 Å². The lowest BCUT2D eigenvalue weighted by molar-refractivity contribution is -0.139. The summed E-state index contributed by atoms with van der Waals surface area (Å²) in [5.41, 5.74) is 2.43. The molecular formula is C13H12N2O2. The molecule has 1 heterocycles. The van der Waals surface area contributed by atoms with Gasteiger partial charge < -0.3 is 4.74 Å². The molecule has 0 radical (unpaired) electrons. The number of benzene rings is 1. The molecule has 0 aliphatic rings. The van der Waals surface area contributed by atoms with E-state index in [0.717, 1.165) is 16.7 Å². The summed E-state index contributed by atoms with van der Waals surface area (Å²) < 4.78 is 4.53. The average Bonchev–Trinajstić information content (AvgIpc) is 2.38. The van der Waals surface area contributed by atoms with Crippen molar-refractivity contribution in [3.63, 3.8) is 0 Å². The van der Waals surface area contributed by atoms with E-state index in [-0.39, 0.29) is 12.4 Å². The zero-order valence-corrected chi connectivity index (χ0v) is 9.46. The van der Waals surface area contributed by atoms with Crippen molar-refractivity contribution >= 4 is 23.1 Å². The molecule has 0 unspecified atom stereocenters. The third-order valence-corrected chi connectivity index (χ3v) is 2.27. The summed E-state index contributed by atoms with van der Waals surface area (Å²) in [7, 11) is 1.37. The molecular weight excluding hydrogens is 216 g/mol. The third kappa shape index (κ3) is 2.87. The van der Waals surface area contributed by atoms with Crippen LogP contribution in [0.3, 0.4) is 0 Å². The molecule has 0 saturated carbocycles. The number of carbonyl (C=O) groups excluding carboxylic acids is 1. The van der Waals surface area contributed by atoms with Gasteiger partial charge in [-0.25, -0.2) is 4.98 Å². The molecule has 4 heteroatoms. The number of aromatic nitrogens is 2. The molecule has 2 rings (SSSR count). The third-order valence-electron chi connectivity index (χ3n) is 2.27. The van der Waals surface area contributed by atoms with Gasteiger partial charge >= 0.3 is 5.97 Å². The van der Waals surface area contributed by atoms with Crippen molar-refractivity contribution in [3.8, 4) is 0 Å². The van der Waals surface area contributed by atoms with Crippen molar-refractivity contribution in [2.24, 2.45) is 0 Å². The standard InChI is InChI=1S/C13H12N2O2/c1-17-13(16)8-4-5-10-9-14-11-6-2-3-7-12(11)15-10/h2-7,9H,8H2,1H3. The largest absolute Gasteiger partial charge is 0.469 e. The van der Waals surface area contributed by atoms with Crippen molar-refractivity contribution in [1.29, 1.82) is 0 Å². The van der Waals surface area contributed by atoms with Crippen LogP contribution in [0.2, 0.25) is 0 Å². The number of fused-ring (bicyclic) bond motifs is 1. The van der Waals surface area contributed by atoms with Gasteiger partial charge in [-0.2, -0.15) is 0 Å². The molecule has 0 spiro atoms. The number of carbonyl (C=O) groups is 1. The van der Waals surface area contributed by atoms with E-state index in [1.54, 1.807) is 18.3 Å². The topological polar surface area (TPSA) is 52.1 Å². The quantitative estimate of drug-likeness (QED) is 0.756. The molecule has 0 N–H and O–H groups in total. The van der Waals surface area contributed by atoms with Crippen LogP contribution in [0.15, 0.2) is 36.5 Å². The maximum atomic E-state index is 10.9. The van der Waals surface area contributed by atoms with Crippen LogP contribution in [0, 0.1) is 0 Å². The fourth-order valence-corrected chi connectivity index (χ4v) is 1.41. The van der Waals surface area contributed by atoms with E-state index in [4.69, 9.17) is 0 Å². The van der Waals surface area contributed by atoms with Gasteiger partial charge in [0.05, 0.1) is 36.5 Å². The lowest BCUT2D eigenvalue weighted by Gasteiger charge is -1.97. The molecule has 0 aliphatic heterocycles. The van der Waals surface area contributed by atoms with Gasteiger partial charge in [0, 0.05) is 0 Å². The van der Waals surface area contributed by atoms with Crippen molar-refractivity contribution in [2.75, 3.05) is 7.11 Å². The highest BCUT2D eigenvalue weighted by Gasteiger charge is 1.97. The number of rotatable bonds is 3. The first-order chi connectivity index (χ1) is 8.29. The van der Waals surface area contributed by atoms with Gasteiger partial charge in [-0.05, 0) is 18.2 Å². The molecule has 4 nitrogen and oxygen atoms in total. The zero-order valence-electron chi connectivity index (χ0n) is 9.46.